The Balaban J connectivity index is 2.03. The number of hydrogen-bond acceptors (Lipinski definition) is 2. The summed E-state index contributed by atoms with van der Waals surface area (Å²) in [7, 11) is 0. The van der Waals surface area contributed by atoms with Crippen LogP contribution >= 0.6 is 0 Å². The van der Waals surface area contributed by atoms with Gasteiger partial charge in [0.25, 0.3) is 0 Å². The summed E-state index contributed by atoms with van der Waals surface area (Å²) in [6, 6.07) is 12.1. The Morgan fingerprint density at radius 1 is 0.895 bits per heavy atom. The molecule has 0 aromatic heterocycles. The number of benzene rings is 2. The molecule has 2 aliphatic rings. The van der Waals surface area contributed by atoms with Crippen molar-refractivity contribution in [3.8, 4) is 5.75 Å². The van der Waals surface area contributed by atoms with E-state index in [9.17, 15) is 5.11 Å². The highest BCUT2D eigenvalue weighted by Gasteiger charge is 2.47. The van der Waals surface area contributed by atoms with Crippen molar-refractivity contribution in [1.29, 1.82) is 0 Å². The molecule has 1 spiro atoms. The van der Waals surface area contributed by atoms with Crippen molar-refractivity contribution >= 4 is 5.69 Å². The molecule has 0 saturated carbocycles. The number of anilines is 1. The Morgan fingerprint density at radius 3 is 2.26 bits per heavy atom. The van der Waals surface area contributed by atoms with Crippen LogP contribution in [0.2, 0.25) is 0 Å². The number of rotatable bonds is 0. The second-order valence-corrected chi connectivity index (χ2v) is 5.77. The molecular formula is C17H17NO. The van der Waals surface area contributed by atoms with Gasteiger partial charge in [0.05, 0.1) is 0 Å². The van der Waals surface area contributed by atoms with Gasteiger partial charge in [0.15, 0.2) is 0 Å². The number of aryl methyl sites for hydroxylation is 2. The zero-order chi connectivity index (χ0) is 13.0. The average molecular weight is 251 g/mol. The molecule has 0 radical (unpaired) electrons. The number of aromatic hydroxyl groups is 1. The Labute approximate surface area is 112 Å². The van der Waals surface area contributed by atoms with Crippen molar-refractivity contribution in [2.24, 2.45) is 0 Å². The van der Waals surface area contributed by atoms with Crippen LogP contribution in [0.3, 0.4) is 0 Å². The number of nitrogen functional groups attached to an aromatic ring is 1. The van der Waals surface area contributed by atoms with Crippen molar-refractivity contribution in [3.63, 3.8) is 0 Å². The van der Waals surface area contributed by atoms with Crippen LogP contribution in [0.4, 0.5) is 5.69 Å². The Hall–Kier alpha value is -1.96. The lowest BCUT2D eigenvalue weighted by atomic mass is 9.75. The summed E-state index contributed by atoms with van der Waals surface area (Å²) in [6.07, 6.45) is 4.24. The third-order valence-electron chi connectivity index (χ3n) is 4.91. The van der Waals surface area contributed by atoms with E-state index in [0.717, 1.165) is 36.9 Å². The van der Waals surface area contributed by atoms with Gasteiger partial charge < -0.3 is 10.8 Å². The van der Waals surface area contributed by atoms with Gasteiger partial charge in [0.1, 0.15) is 5.75 Å². The first kappa shape index (κ1) is 10.9. The fourth-order valence-corrected chi connectivity index (χ4v) is 4.21. The lowest BCUT2D eigenvalue weighted by Crippen LogP contribution is -2.22. The van der Waals surface area contributed by atoms with E-state index in [2.05, 4.69) is 12.1 Å². The summed E-state index contributed by atoms with van der Waals surface area (Å²) < 4.78 is 0. The minimum Gasteiger partial charge on any atom is -0.508 e. The van der Waals surface area contributed by atoms with Crippen LogP contribution in [-0.2, 0) is 18.3 Å². The van der Waals surface area contributed by atoms with Gasteiger partial charge in [0.2, 0.25) is 0 Å². The first-order chi connectivity index (χ1) is 9.22. The Bertz CT molecular complexity index is 615. The molecule has 2 nitrogen and oxygen atoms in total. The van der Waals surface area contributed by atoms with Gasteiger partial charge >= 0.3 is 0 Å². The fourth-order valence-electron chi connectivity index (χ4n) is 4.21. The molecule has 0 unspecified atom stereocenters. The van der Waals surface area contributed by atoms with E-state index in [1.54, 1.807) is 0 Å². The quantitative estimate of drug-likeness (QED) is 0.706. The average Bonchev–Trinajstić information content (AvgIpc) is 2.96. The van der Waals surface area contributed by atoms with Gasteiger partial charge in [-0.05, 0) is 54.5 Å². The van der Waals surface area contributed by atoms with Crippen LogP contribution in [-0.4, -0.2) is 5.11 Å². The molecule has 4 rings (SSSR count). The summed E-state index contributed by atoms with van der Waals surface area (Å²) in [6.45, 7) is 0. The molecule has 19 heavy (non-hydrogen) atoms. The normalized spacial score (nSPS) is 23.6. The molecule has 0 bridgehead atoms. The maximum Gasteiger partial charge on any atom is 0.119 e. The number of nitrogens with two attached hydrogens (primary N) is 1. The largest absolute Gasteiger partial charge is 0.508 e. The smallest absolute Gasteiger partial charge is 0.119 e. The predicted octanol–water partition coefficient (Wildman–Crippen LogP) is 3.15. The highest BCUT2D eigenvalue weighted by atomic mass is 16.3. The summed E-state index contributed by atoms with van der Waals surface area (Å²) in [5.41, 5.74) is 12.1. The van der Waals surface area contributed by atoms with Crippen LogP contribution in [0.15, 0.2) is 36.4 Å². The molecule has 2 heteroatoms. The molecule has 0 saturated heterocycles. The van der Waals surface area contributed by atoms with Gasteiger partial charge in [-0.15, -0.1) is 0 Å². The zero-order valence-corrected chi connectivity index (χ0v) is 10.8. The van der Waals surface area contributed by atoms with E-state index in [4.69, 9.17) is 5.73 Å². The number of fused-ring (bicyclic) bond motifs is 4. The van der Waals surface area contributed by atoms with E-state index < -0.39 is 0 Å². The third-order valence-corrected chi connectivity index (χ3v) is 4.91. The van der Waals surface area contributed by atoms with Crippen LogP contribution < -0.4 is 5.73 Å². The topological polar surface area (TPSA) is 46.2 Å². The van der Waals surface area contributed by atoms with Gasteiger partial charge in [-0.1, -0.05) is 24.3 Å². The molecule has 2 aromatic rings. The monoisotopic (exact) mass is 251 g/mol. The van der Waals surface area contributed by atoms with Gasteiger partial charge in [0, 0.05) is 16.7 Å². The minimum absolute atomic E-state index is 0.0403. The number of hydrogen-bond donors (Lipinski definition) is 2. The molecule has 0 amide bonds. The van der Waals surface area contributed by atoms with Crippen molar-refractivity contribution < 1.29 is 5.11 Å². The molecule has 0 aliphatic heterocycles. The third kappa shape index (κ3) is 1.26. The van der Waals surface area contributed by atoms with Gasteiger partial charge in [-0.3, -0.25) is 0 Å². The number of phenolic OH excluding ortho intramolecular Hbond substituents is 1. The minimum atomic E-state index is -0.0403. The summed E-state index contributed by atoms with van der Waals surface area (Å²) in [5, 5.41) is 10.3. The predicted molar refractivity (Wildman–Crippen MR) is 76.4 cm³/mol. The van der Waals surface area contributed by atoms with Crippen molar-refractivity contribution in [3.05, 3.63) is 58.7 Å². The first-order valence-electron chi connectivity index (χ1n) is 6.91. The van der Waals surface area contributed by atoms with E-state index in [1.165, 1.54) is 16.7 Å². The van der Waals surface area contributed by atoms with Crippen LogP contribution in [0, 0.1) is 0 Å². The lowest BCUT2D eigenvalue weighted by molar-refractivity contribution is 0.437. The molecule has 0 fully saturated rings. The zero-order valence-electron chi connectivity index (χ0n) is 10.8. The Kier molecular flexibility index (Phi) is 2.03. The molecule has 96 valence electrons. The molecule has 2 aromatic carbocycles. The van der Waals surface area contributed by atoms with Gasteiger partial charge in [-0.2, -0.15) is 0 Å². The molecular weight excluding hydrogens is 234 g/mol. The summed E-state index contributed by atoms with van der Waals surface area (Å²) in [4.78, 5) is 0. The van der Waals surface area contributed by atoms with Crippen molar-refractivity contribution in [1.82, 2.24) is 0 Å². The second kappa shape index (κ2) is 3.53. The van der Waals surface area contributed by atoms with E-state index in [0.29, 0.717) is 5.75 Å². The summed E-state index contributed by atoms with van der Waals surface area (Å²) >= 11 is 0. The second-order valence-electron chi connectivity index (χ2n) is 5.77. The summed E-state index contributed by atoms with van der Waals surface area (Å²) in [5.74, 6) is 0.436. The SMILES string of the molecule is Nc1cccc2c1[C@@]1(CC2)CCc2cccc(O)c21. The van der Waals surface area contributed by atoms with Gasteiger partial charge in [-0.25, -0.2) is 0 Å². The molecule has 1 atom stereocenters. The lowest BCUT2D eigenvalue weighted by Gasteiger charge is -2.28. The van der Waals surface area contributed by atoms with Crippen molar-refractivity contribution in [2.75, 3.05) is 5.73 Å². The van der Waals surface area contributed by atoms with Crippen molar-refractivity contribution in [2.45, 2.75) is 31.1 Å². The molecule has 0 heterocycles. The molecule has 3 N–H and O–H groups in total. The van der Waals surface area contributed by atoms with E-state index in [-0.39, 0.29) is 5.41 Å². The first-order valence-corrected chi connectivity index (χ1v) is 6.91. The Morgan fingerprint density at radius 2 is 1.53 bits per heavy atom. The fraction of sp³-hybridized carbons (Fsp3) is 0.294. The maximum absolute atomic E-state index is 10.3. The maximum atomic E-state index is 10.3. The highest BCUT2D eigenvalue weighted by molar-refractivity contribution is 5.66. The van der Waals surface area contributed by atoms with E-state index >= 15 is 0 Å². The van der Waals surface area contributed by atoms with Crippen LogP contribution in [0.5, 0.6) is 5.75 Å². The van der Waals surface area contributed by atoms with E-state index in [1.807, 2.05) is 24.3 Å². The number of phenols is 1. The molecule has 2 aliphatic carbocycles. The standard InChI is InChI=1S/C17H17NO/c18-13-5-1-3-11-7-9-17(15(11)13)10-8-12-4-2-6-14(19)16(12)17/h1-6,19H,7-10,18H2/t17-/m1/s1. The highest BCUT2D eigenvalue weighted by Crippen LogP contribution is 2.56. The van der Waals surface area contributed by atoms with Crippen LogP contribution in [0.1, 0.15) is 35.1 Å². The van der Waals surface area contributed by atoms with Crippen LogP contribution in [0.25, 0.3) is 0 Å².